The molecule has 0 amide bonds. The second-order valence-electron chi connectivity index (χ2n) is 4.90. The normalized spacial score (nSPS) is 27.0. The maximum absolute atomic E-state index is 11.9. The predicted molar refractivity (Wildman–Crippen MR) is 66.3 cm³/mol. The van der Waals surface area contributed by atoms with E-state index in [-0.39, 0.29) is 17.6 Å². The molecule has 0 N–H and O–H groups in total. The van der Waals surface area contributed by atoms with Crippen molar-refractivity contribution in [2.24, 2.45) is 5.92 Å². The molecule has 1 saturated carbocycles. The molecular formula is C15H14O3. The Labute approximate surface area is 105 Å². The molecule has 1 aliphatic carbocycles. The fourth-order valence-electron chi connectivity index (χ4n) is 2.97. The lowest BCUT2D eigenvalue weighted by molar-refractivity contribution is -0.131. The molecule has 92 valence electrons. The molecule has 0 unspecified atom stereocenters. The first-order valence-electron chi connectivity index (χ1n) is 6.21. The summed E-state index contributed by atoms with van der Waals surface area (Å²) in [5.41, 5.74) is 1.33. The molecule has 1 aromatic carbocycles. The average Bonchev–Trinajstić information content (AvgIpc) is 2.77. The van der Waals surface area contributed by atoms with Gasteiger partial charge in [-0.1, -0.05) is 24.8 Å². The van der Waals surface area contributed by atoms with Crippen LogP contribution in [0.25, 0.3) is 0 Å². The monoisotopic (exact) mass is 242 g/mol. The fourth-order valence-corrected chi connectivity index (χ4v) is 2.97. The van der Waals surface area contributed by atoms with E-state index in [1.54, 1.807) is 6.07 Å². The Morgan fingerprint density at radius 3 is 2.72 bits per heavy atom. The number of rotatable bonds is 1. The van der Waals surface area contributed by atoms with Crippen molar-refractivity contribution in [1.82, 2.24) is 0 Å². The Morgan fingerprint density at radius 2 is 2.00 bits per heavy atom. The molecule has 0 spiro atoms. The quantitative estimate of drug-likeness (QED) is 0.432. The van der Waals surface area contributed by atoms with E-state index >= 15 is 0 Å². The van der Waals surface area contributed by atoms with Crippen LogP contribution in [0.1, 0.15) is 30.7 Å². The highest BCUT2D eigenvalue weighted by Crippen LogP contribution is 2.45. The van der Waals surface area contributed by atoms with Crippen molar-refractivity contribution in [1.29, 1.82) is 0 Å². The highest BCUT2D eigenvalue weighted by Gasteiger charge is 2.41. The summed E-state index contributed by atoms with van der Waals surface area (Å²) >= 11 is 0. The standard InChI is InChI=1S/C15H14O3/c1-9-14(10-6-4-7-12(10)16)11-5-2-3-8-13(11)18-15(9)17/h2-3,5,8,10,14H,1,4,6-7H2/t10-,14-/m0/s1. The van der Waals surface area contributed by atoms with Crippen molar-refractivity contribution in [3.05, 3.63) is 42.0 Å². The first-order chi connectivity index (χ1) is 8.68. The van der Waals surface area contributed by atoms with Crippen molar-refractivity contribution in [3.8, 4) is 5.75 Å². The Kier molecular flexibility index (Phi) is 2.54. The molecule has 2 atom stereocenters. The molecule has 1 fully saturated rings. The topological polar surface area (TPSA) is 43.4 Å². The zero-order chi connectivity index (χ0) is 12.7. The minimum atomic E-state index is -0.404. The van der Waals surface area contributed by atoms with E-state index in [2.05, 4.69) is 6.58 Å². The third-order valence-electron chi connectivity index (χ3n) is 3.85. The summed E-state index contributed by atoms with van der Waals surface area (Å²) in [6.45, 7) is 3.83. The number of hydrogen-bond donors (Lipinski definition) is 0. The minimum Gasteiger partial charge on any atom is -0.423 e. The lowest BCUT2D eigenvalue weighted by atomic mass is 9.78. The number of hydrogen-bond acceptors (Lipinski definition) is 3. The molecule has 0 saturated heterocycles. The van der Waals surface area contributed by atoms with Crippen molar-refractivity contribution in [2.75, 3.05) is 0 Å². The SMILES string of the molecule is C=C1C(=O)Oc2ccccc2[C@@H]1[C@H]1CCCC1=O. The van der Waals surface area contributed by atoms with Crippen molar-refractivity contribution in [2.45, 2.75) is 25.2 Å². The van der Waals surface area contributed by atoms with Crippen LogP contribution in [-0.4, -0.2) is 11.8 Å². The summed E-state index contributed by atoms with van der Waals surface area (Å²) < 4.78 is 5.22. The Morgan fingerprint density at radius 1 is 1.22 bits per heavy atom. The second-order valence-corrected chi connectivity index (χ2v) is 4.90. The van der Waals surface area contributed by atoms with Gasteiger partial charge in [0.15, 0.2) is 0 Å². The van der Waals surface area contributed by atoms with Gasteiger partial charge in [-0.2, -0.15) is 0 Å². The summed E-state index contributed by atoms with van der Waals surface area (Å²) in [7, 11) is 0. The molecule has 0 bridgehead atoms. The zero-order valence-corrected chi connectivity index (χ0v) is 10.0. The summed E-state index contributed by atoms with van der Waals surface area (Å²) in [6.07, 6.45) is 2.36. The van der Waals surface area contributed by atoms with E-state index in [1.165, 1.54) is 0 Å². The highest BCUT2D eigenvalue weighted by molar-refractivity contribution is 5.96. The Bertz CT molecular complexity index is 544. The van der Waals surface area contributed by atoms with Gasteiger partial charge in [0.25, 0.3) is 0 Å². The van der Waals surface area contributed by atoms with Gasteiger partial charge < -0.3 is 4.74 Å². The van der Waals surface area contributed by atoms with Crippen LogP contribution in [0.4, 0.5) is 0 Å². The van der Waals surface area contributed by atoms with Crippen LogP contribution in [-0.2, 0) is 9.59 Å². The van der Waals surface area contributed by atoms with Crippen LogP contribution in [0, 0.1) is 5.92 Å². The fraction of sp³-hybridized carbons (Fsp3) is 0.333. The molecule has 1 heterocycles. The van der Waals surface area contributed by atoms with E-state index in [4.69, 9.17) is 4.74 Å². The van der Waals surface area contributed by atoms with E-state index in [9.17, 15) is 9.59 Å². The molecule has 0 aromatic heterocycles. The second kappa shape index (κ2) is 4.09. The number of fused-ring (bicyclic) bond motifs is 1. The first-order valence-corrected chi connectivity index (χ1v) is 6.21. The van der Waals surface area contributed by atoms with E-state index in [0.717, 1.165) is 18.4 Å². The third-order valence-corrected chi connectivity index (χ3v) is 3.85. The van der Waals surface area contributed by atoms with Crippen LogP contribution >= 0.6 is 0 Å². The molecule has 1 aromatic rings. The van der Waals surface area contributed by atoms with Gasteiger partial charge in [0.2, 0.25) is 0 Å². The van der Waals surface area contributed by atoms with Gasteiger partial charge >= 0.3 is 5.97 Å². The maximum atomic E-state index is 11.9. The van der Waals surface area contributed by atoms with Gasteiger partial charge in [-0.05, 0) is 18.9 Å². The zero-order valence-electron chi connectivity index (χ0n) is 10.0. The summed E-state index contributed by atoms with van der Waals surface area (Å²) in [5.74, 6) is 0.104. The molecule has 1 aliphatic heterocycles. The average molecular weight is 242 g/mol. The summed E-state index contributed by atoms with van der Waals surface area (Å²) in [6, 6.07) is 7.42. The predicted octanol–water partition coefficient (Wildman–Crippen LogP) is 2.61. The molecule has 0 radical (unpaired) electrons. The van der Waals surface area contributed by atoms with Crippen LogP contribution in [0.15, 0.2) is 36.4 Å². The minimum absolute atomic E-state index is 0.105. The lowest BCUT2D eigenvalue weighted by Gasteiger charge is -2.29. The van der Waals surface area contributed by atoms with Crippen LogP contribution in [0.2, 0.25) is 0 Å². The van der Waals surface area contributed by atoms with Crippen molar-refractivity contribution < 1.29 is 14.3 Å². The number of carbonyl (C=O) groups excluding carboxylic acids is 2. The highest BCUT2D eigenvalue weighted by atomic mass is 16.5. The van der Waals surface area contributed by atoms with Gasteiger partial charge in [-0.15, -0.1) is 0 Å². The number of ketones is 1. The molecule has 3 heteroatoms. The van der Waals surface area contributed by atoms with Gasteiger partial charge in [0, 0.05) is 29.4 Å². The van der Waals surface area contributed by atoms with Crippen LogP contribution in [0.5, 0.6) is 5.75 Å². The number of Topliss-reactive ketones (excluding diaryl/α,β-unsaturated/α-hetero) is 1. The Hall–Kier alpha value is -1.90. The molecule has 3 rings (SSSR count). The van der Waals surface area contributed by atoms with E-state index in [1.807, 2.05) is 18.2 Å². The molecular weight excluding hydrogens is 228 g/mol. The van der Waals surface area contributed by atoms with Crippen molar-refractivity contribution >= 4 is 11.8 Å². The summed E-state index contributed by atoms with van der Waals surface area (Å²) in [5, 5.41) is 0. The maximum Gasteiger partial charge on any atom is 0.339 e. The van der Waals surface area contributed by atoms with Crippen molar-refractivity contribution in [3.63, 3.8) is 0 Å². The van der Waals surface area contributed by atoms with Crippen LogP contribution < -0.4 is 4.74 Å². The Balaban J connectivity index is 2.09. The number of ether oxygens (including phenoxy) is 1. The molecule has 2 aliphatic rings. The number of benzene rings is 1. The van der Waals surface area contributed by atoms with Gasteiger partial charge in [-0.3, -0.25) is 4.79 Å². The molecule has 18 heavy (non-hydrogen) atoms. The van der Waals surface area contributed by atoms with Crippen LogP contribution in [0.3, 0.4) is 0 Å². The summed E-state index contributed by atoms with van der Waals surface area (Å²) in [4.78, 5) is 23.7. The van der Waals surface area contributed by atoms with Gasteiger partial charge in [-0.25, -0.2) is 4.79 Å². The number of carbonyl (C=O) groups is 2. The van der Waals surface area contributed by atoms with Gasteiger partial charge in [0.1, 0.15) is 11.5 Å². The lowest BCUT2D eigenvalue weighted by Crippen LogP contribution is -2.29. The third kappa shape index (κ3) is 1.58. The van der Waals surface area contributed by atoms with Gasteiger partial charge in [0.05, 0.1) is 0 Å². The smallest absolute Gasteiger partial charge is 0.339 e. The molecule has 3 nitrogen and oxygen atoms in total. The first kappa shape index (κ1) is 11.2. The largest absolute Gasteiger partial charge is 0.423 e. The van der Waals surface area contributed by atoms with E-state index in [0.29, 0.717) is 17.7 Å². The van der Waals surface area contributed by atoms with E-state index < -0.39 is 5.97 Å². The number of esters is 1. The number of para-hydroxylation sites is 1.